The van der Waals surface area contributed by atoms with E-state index in [-0.39, 0.29) is 6.04 Å². The molecule has 2 aromatic rings. The number of amides is 2. The minimum Gasteiger partial charge on any atom is -0.419 e. The van der Waals surface area contributed by atoms with Crippen molar-refractivity contribution in [3.05, 3.63) is 36.2 Å². The molecule has 8 heteroatoms. The third kappa shape index (κ3) is 3.91. The molecule has 0 atom stereocenters. The van der Waals surface area contributed by atoms with Crippen molar-refractivity contribution in [2.24, 2.45) is 0 Å². The second-order valence-electron chi connectivity index (χ2n) is 6.68. The smallest absolute Gasteiger partial charge is 0.311 e. The summed E-state index contributed by atoms with van der Waals surface area (Å²) in [4.78, 5) is 27.7. The molecule has 2 aliphatic rings. The van der Waals surface area contributed by atoms with E-state index in [0.29, 0.717) is 44.5 Å². The van der Waals surface area contributed by atoms with Gasteiger partial charge in [0, 0.05) is 37.8 Å². The Balaban J connectivity index is 1.28. The molecule has 8 nitrogen and oxygen atoms in total. The lowest BCUT2D eigenvalue weighted by atomic mass is 10.2. The molecule has 1 saturated heterocycles. The normalized spacial score (nSPS) is 17.9. The van der Waals surface area contributed by atoms with Gasteiger partial charge in [0.1, 0.15) is 0 Å². The van der Waals surface area contributed by atoms with Crippen molar-refractivity contribution >= 4 is 11.8 Å². The van der Waals surface area contributed by atoms with Gasteiger partial charge in [-0.25, -0.2) is 0 Å². The van der Waals surface area contributed by atoms with E-state index >= 15 is 0 Å². The monoisotopic (exact) mass is 355 g/mol. The zero-order valence-electron chi connectivity index (χ0n) is 14.4. The summed E-state index contributed by atoms with van der Waals surface area (Å²) in [5.74, 6) is 0.146. The van der Waals surface area contributed by atoms with Gasteiger partial charge in [-0.3, -0.25) is 14.5 Å². The maximum atomic E-state index is 12.1. The largest absolute Gasteiger partial charge is 0.419 e. The molecule has 136 valence electrons. The number of carbonyl (C=O) groups excluding carboxylic acids is 2. The SMILES string of the molecule is O=C(NC1CC1)C(=O)N1CCN(Cc2nnc(-c3ccccc3)o2)CC1. The van der Waals surface area contributed by atoms with Crippen LogP contribution in [0.4, 0.5) is 0 Å². The number of hydrogen-bond acceptors (Lipinski definition) is 6. The highest BCUT2D eigenvalue weighted by molar-refractivity contribution is 6.35. The lowest BCUT2D eigenvalue weighted by Gasteiger charge is -2.33. The van der Waals surface area contributed by atoms with Gasteiger partial charge >= 0.3 is 11.8 Å². The Hall–Kier alpha value is -2.74. The number of nitrogens with one attached hydrogen (secondary N) is 1. The Kier molecular flexibility index (Phi) is 4.66. The first-order valence-electron chi connectivity index (χ1n) is 8.89. The summed E-state index contributed by atoms with van der Waals surface area (Å²) in [5, 5.41) is 10.9. The second-order valence-corrected chi connectivity index (χ2v) is 6.68. The molecule has 0 unspecified atom stereocenters. The van der Waals surface area contributed by atoms with E-state index in [9.17, 15) is 9.59 Å². The molecule has 4 rings (SSSR count). The van der Waals surface area contributed by atoms with Crippen LogP contribution < -0.4 is 5.32 Å². The lowest BCUT2D eigenvalue weighted by Crippen LogP contribution is -2.52. The van der Waals surface area contributed by atoms with Crippen LogP contribution >= 0.6 is 0 Å². The van der Waals surface area contributed by atoms with Gasteiger partial charge in [-0.05, 0) is 25.0 Å². The fourth-order valence-electron chi connectivity index (χ4n) is 2.93. The average molecular weight is 355 g/mol. The third-order valence-electron chi connectivity index (χ3n) is 4.61. The molecule has 1 saturated carbocycles. The summed E-state index contributed by atoms with van der Waals surface area (Å²) < 4.78 is 5.73. The Morgan fingerprint density at radius 2 is 1.81 bits per heavy atom. The number of hydrogen-bond donors (Lipinski definition) is 1. The minimum absolute atomic E-state index is 0.198. The Labute approximate surface area is 151 Å². The minimum atomic E-state index is -0.481. The van der Waals surface area contributed by atoms with E-state index in [1.165, 1.54) is 0 Å². The highest BCUT2D eigenvalue weighted by Gasteiger charge is 2.30. The van der Waals surface area contributed by atoms with Crippen molar-refractivity contribution in [2.75, 3.05) is 26.2 Å². The zero-order valence-corrected chi connectivity index (χ0v) is 14.4. The molecule has 1 N–H and O–H groups in total. The van der Waals surface area contributed by atoms with Crippen LogP contribution in [0.5, 0.6) is 0 Å². The number of piperazine rings is 1. The lowest BCUT2D eigenvalue weighted by molar-refractivity contribution is -0.147. The molecular weight excluding hydrogens is 334 g/mol. The first-order chi connectivity index (χ1) is 12.7. The maximum Gasteiger partial charge on any atom is 0.311 e. The zero-order chi connectivity index (χ0) is 17.9. The molecule has 26 heavy (non-hydrogen) atoms. The van der Waals surface area contributed by atoms with Crippen molar-refractivity contribution in [1.82, 2.24) is 25.3 Å². The number of carbonyl (C=O) groups is 2. The van der Waals surface area contributed by atoms with Crippen LogP contribution in [-0.2, 0) is 16.1 Å². The van der Waals surface area contributed by atoms with E-state index < -0.39 is 11.8 Å². The molecule has 1 aromatic carbocycles. The fourth-order valence-corrected chi connectivity index (χ4v) is 2.93. The van der Waals surface area contributed by atoms with Crippen molar-refractivity contribution in [3.63, 3.8) is 0 Å². The number of rotatable bonds is 4. The van der Waals surface area contributed by atoms with Gasteiger partial charge < -0.3 is 14.6 Å². The predicted molar refractivity (Wildman–Crippen MR) is 92.8 cm³/mol. The quantitative estimate of drug-likeness (QED) is 0.810. The van der Waals surface area contributed by atoms with Crippen LogP contribution in [0.2, 0.25) is 0 Å². The molecular formula is C18H21N5O3. The van der Waals surface area contributed by atoms with E-state index in [2.05, 4.69) is 20.4 Å². The van der Waals surface area contributed by atoms with Crippen LogP contribution in [0, 0.1) is 0 Å². The van der Waals surface area contributed by atoms with Gasteiger partial charge in [-0.1, -0.05) is 18.2 Å². The van der Waals surface area contributed by atoms with E-state index in [4.69, 9.17) is 4.42 Å². The van der Waals surface area contributed by atoms with Gasteiger partial charge in [-0.15, -0.1) is 10.2 Å². The predicted octanol–water partition coefficient (Wildman–Crippen LogP) is 0.659. The molecule has 0 spiro atoms. The van der Waals surface area contributed by atoms with Crippen LogP contribution in [0.1, 0.15) is 18.7 Å². The Morgan fingerprint density at radius 3 is 2.50 bits per heavy atom. The number of nitrogens with zero attached hydrogens (tertiary/aromatic N) is 4. The molecule has 1 aliphatic heterocycles. The second kappa shape index (κ2) is 7.25. The first-order valence-corrected chi connectivity index (χ1v) is 8.89. The van der Waals surface area contributed by atoms with Gasteiger partial charge in [0.25, 0.3) is 0 Å². The van der Waals surface area contributed by atoms with Gasteiger partial charge in [0.2, 0.25) is 11.8 Å². The summed E-state index contributed by atoms with van der Waals surface area (Å²) in [7, 11) is 0. The first kappa shape index (κ1) is 16.7. The van der Waals surface area contributed by atoms with Crippen LogP contribution in [0.25, 0.3) is 11.5 Å². The molecule has 1 aliphatic carbocycles. The van der Waals surface area contributed by atoms with E-state index in [1.807, 2.05) is 30.3 Å². The summed E-state index contributed by atoms with van der Waals surface area (Å²) >= 11 is 0. The van der Waals surface area contributed by atoms with Gasteiger partial charge in [-0.2, -0.15) is 0 Å². The Morgan fingerprint density at radius 1 is 1.08 bits per heavy atom. The van der Waals surface area contributed by atoms with Gasteiger partial charge in [0.15, 0.2) is 0 Å². The average Bonchev–Trinajstić information content (AvgIpc) is 3.37. The van der Waals surface area contributed by atoms with Crippen LogP contribution in [0.15, 0.2) is 34.7 Å². The summed E-state index contributed by atoms with van der Waals surface area (Å²) in [6, 6.07) is 9.84. The summed E-state index contributed by atoms with van der Waals surface area (Å²) in [6.45, 7) is 2.93. The molecule has 0 radical (unpaired) electrons. The highest BCUT2D eigenvalue weighted by Crippen LogP contribution is 2.19. The van der Waals surface area contributed by atoms with Crippen LogP contribution in [0.3, 0.4) is 0 Å². The van der Waals surface area contributed by atoms with E-state index in [1.54, 1.807) is 4.90 Å². The van der Waals surface area contributed by atoms with Crippen molar-refractivity contribution < 1.29 is 14.0 Å². The maximum absolute atomic E-state index is 12.1. The van der Waals surface area contributed by atoms with Crippen molar-refractivity contribution in [3.8, 4) is 11.5 Å². The molecule has 1 aromatic heterocycles. The third-order valence-corrected chi connectivity index (χ3v) is 4.61. The molecule has 2 heterocycles. The summed E-state index contributed by atoms with van der Waals surface area (Å²) in [5.41, 5.74) is 0.892. The summed E-state index contributed by atoms with van der Waals surface area (Å²) in [6.07, 6.45) is 1.95. The van der Waals surface area contributed by atoms with E-state index in [0.717, 1.165) is 18.4 Å². The number of aromatic nitrogens is 2. The van der Waals surface area contributed by atoms with Crippen molar-refractivity contribution in [2.45, 2.75) is 25.4 Å². The Bertz CT molecular complexity index is 779. The standard InChI is InChI=1S/C18H21N5O3/c24-16(19-14-6-7-14)18(25)23-10-8-22(9-11-23)12-15-20-21-17(26-15)13-4-2-1-3-5-13/h1-5,14H,6-12H2,(H,19,24). The molecule has 2 fully saturated rings. The highest BCUT2D eigenvalue weighted by atomic mass is 16.4. The van der Waals surface area contributed by atoms with Gasteiger partial charge in [0.05, 0.1) is 6.54 Å². The molecule has 2 amide bonds. The number of benzene rings is 1. The fraction of sp³-hybridized carbons (Fsp3) is 0.444. The topological polar surface area (TPSA) is 91.6 Å². The van der Waals surface area contributed by atoms with Crippen molar-refractivity contribution in [1.29, 1.82) is 0 Å². The van der Waals surface area contributed by atoms with Crippen LogP contribution in [-0.4, -0.2) is 64.0 Å². The molecule has 0 bridgehead atoms.